The van der Waals surface area contributed by atoms with E-state index in [0.717, 1.165) is 63.9 Å². The molecule has 6 nitrogen and oxygen atoms in total. The predicted molar refractivity (Wildman–Crippen MR) is 116 cm³/mol. The highest BCUT2D eigenvalue weighted by Gasteiger charge is 2.13. The zero-order chi connectivity index (χ0) is 17.6. The average molecular weight is 477 g/mol. The number of guanidine groups is 1. The maximum absolute atomic E-state index is 5.86. The van der Waals surface area contributed by atoms with Gasteiger partial charge in [0, 0.05) is 32.9 Å². The lowest BCUT2D eigenvalue weighted by atomic mass is 10.1. The van der Waals surface area contributed by atoms with Crippen LogP contribution in [-0.4, -0.2) is 58.1 Å². The van der Waals surface area contributed by atoms with E-state index in [1.54, 1.807) is 0 Å². The number of nitrogens with zero attached hydrogens (tertiary/aromatic N) is 1. The van der Waals surface area contributed by atoms with Gasteiger partial charge in [0.2, 0.25) is 0 Å². The minimum Gasteiger partial charge on any atom is -0.492 e. The van der Waals surface area contributed by atoms with Gasteiger partial charge in [-0.3, -0.25) is 4.99 Å². The Balaban J connectivity index is 0.00000338. The monoisotopic (exact) mass is 477 g/mol. The summed E-state index contributed by atoms with van der Waals surface area (Å²) < 4.78 is 16.9. The van der Waals surface area contributed by atoms with Crippen LogP contribution >= 0.6 is 24.0 Å². The third-order valence-electron chi connectivity index (χ3n) is 3.84. The number of hydrogen-bond donors (Lipinski definition) is 2. The summed E-state index contributed by atoms with van der Waals surface area (Å²) in [5.41, 5.74) is 0. The van der Waals surface area contributed by atoms with Crippen LogP contribution in [0.3, 0.4) is 0 Å². The Morgan fingerprint density at radius 2 is 1.92 bits per heavy atom. The minimum absolute atomic E-state index is 0. The van der Waals surface area contributed by atoms with Crippen LogP contribution < -0.4 is 15.4 Å². The molecule has 7 heteroatoms. The smallest absolute Gasteiger partial charge is 0.191 e. The van der Waals surface area contributed by atoms with Gasteiger partial charge >= 0.3 is 0 Å². The van der Waals surface area contributed by atoms with E-state index in [0.29, 0.717) is 19.3 Å². The van der Waals surface area contributed by atoms with Gasteiger partial charge in [0.15, 0.2) is 5.96 Å². The minimum atomic E-state index is 0. The highest BCUT2D eigenvalue weighted by molar-refractivity contribution is 14.0. The molecule has 1 fully saturated rings. The van der Waals surface area contributed by atoms with Crippen molar-refractivity contribution in [3.63, 3.8) is 0 Å². The van der Waals surface area contributed by atoms with Gasteiger partial charge in [-0.15, -0.1) is 24.0 Å². The van der Waals surface area contributed by atoms with Gasteiger partial charge in [-0.2, -0.15) is 0 Å². The van der Waals surface area contributed by atoms with Crippen LogP contribution in [0.4, 0.5) is 0 Å². The largest absolute Gasteiger partial charge is 0.492 e. The molecular formula is C19H32IN3O3. The Kier molecular flexibility index (Phi) is 13.3. The topological polar surface area (TPSA) is 64.1 Å². The van der Waals surface area contributed by atoms with Gasteiger partial charge in [0.25, 0.3) is 0 Å². The third kappa shape index (κ3) is 10.2. The molecule has 0 radical (unpaired) electrons. The standard InChI is InChI=1S/C19H31N3O3.HI/c1-2-20-19(22-12-16-25-17-7-4-3-5-8-17)21-11-6-13-24-18-9-14-23-15-10-18;/h3-5,7-8,18H,2,6,9-16H2,1H3,(H2,20,21,22);1H. The van der Waals surface area contributed by atoms with Crippen LogP contribution in [0.1, 0.15) is 26.2 Å². The van der Waals surface area contributed by atoms with Crippen LogP contribution in [-0.2, 0) is 9.47 Å². The molecule has 1 aliphatic heterocycles. The van der Waals surface area contributed by atoms with Crippen LogP contribution in [0.15, 0.2) is 35.3 Å². The van der Waals surface area contributed by atoms with Crippen LogP contribution in [0.5, 0.6) is 5.75 Å². The number of hydrogen-bond acceptors (Lipinski definition) is 4. The molecule has 0 aromatic heterocycles. The first-order chi connectivity index (χ1) is 12.4. The molecule has 2 N–H and O–H groups in total. The lowest BCUT2D eigenvalue weighted by Crippen LogP contribution is -2.39. The van der Waals surface area contributed by atoms with Gasteiger partial charge in [-0.25, -0.2) is 0 Å². The molecule has 0 saturated carbocycles. The van der Waals surface area contributed by atoms with Gasteiger partial charge in [0.1, 0.15) is 12.4 Å². The van der Waals surface area contributed by atoms with E-state index >= 15 is 0 Å². The zero-order valence-electron chi connectivity index (χ0n) is 15.6. The number of benzene rings is 1. The van der Waals surface area contributed by atoms with Crippen LogP contribution in [0.25, 0.3) is 0 Å². The zero-order valence-corrected chi connectivity index (χ0v) is 17.9. The molecule has 0 unspecified atom stereocenters. The fourth-order valence-corrected chi connectivity index (χ4v) is 2.54. The number of para-hydroxylation sites is 1. The van der Waals surface area contributed by atoms with Gasteiger partial charge in [-0.1, -0.05) is 18.2 Å². The third-order valence-corrected chi connectivity index (χ3v) is 3.84. The van der Waals surface area contributed by atoms with Crippen LogP contribution in [0, 0.1) is 0 Å². The van der Waals surface area contributed by atoms with E-state index in [2.05, 4.69) is 22.5 Å². The second-order valence-electron chi connectivity index (χ2n) is 5.89. The Morgan fingerprint density at radius 3 is 2.65 bits per heavy atom. The molecule has 0 amide bonds. The maximum Gasteiger partial charge on any atom is 0.191 e. The molecule has 1 aromatic carbocycles. The van der Waals surface area contributed by atoms with Gasteiger partial charge in [-0.05, 0) is 38.3 Å². The number of ether oxygens (including phenoxy) is 3. The quantitative estimate of drug-likeness (QED) is 0.235. The summed E-state index contributed by atoms with van der Waals surface area (Å²) in [6.07, 6.45) is 3.30. The molecule has 1 heterocycles. The summed E-state index contributed by atoms with van der Waals surface area (Å²) in [5, 5.41) is 6.54. The molecular weight excluding hydrogens is 445 g/mol. The van der Waals surface area contributed by atoms with Gasteiger partial charge in [0.05, 0.1) is 12.6 Å². The molecule has 26 heavy (non-hydrogen) atoms. The number of rotatable bonds is 10. The maximum atomic E-state index is 5.86. The first-order valence-corrected chi connectivity index (χ1v) is 9.28. The summed E-state index contributed by atoms with van der Waals surface area (Å²) in [6, 6.07) is 9.83. The number of halogens is 1. The molecule has 0 spiro atoms. The van der Waals surface area contributed by atoms with Crippen molar-refractivity contribution < 1.29 is 14.2 Å². The molecule has 0 bridgehead atoms. The first-order valence-electron chi connectivity index (χ1n) is 9.28. The lowest BCUT2D eigenvalue weighted by Gasteiger charge is -2.22. The molecule has 0 aliphatic carbocycles. The molecule has 2 rings (SSSR count). The number of nitrogens with one attached hydrogen (secondary N) is 2. The Bertz CT molecular complexity index is 482. The van der Waals surface area contributed by atoms with Crippen molar-refractivity contribution in [3.8, 4) is 5.75 Å². The van der Waals surface area contributed by atoms with E-state index in [9.17, 15) is 0 Å². The lowest BCUT2D eigenvalue weighted by molar-refractivity contribution is -0.0318. The second kappa shape index (κ2) is 15.0. The average Bonchev–Trinajstić information content (AvgIpc) is 2.66. The van der Waals surface area contributed by atoms with E-state index in [1.165, 1.54) is 0 Å². The fourth-order valence-electron chi connectivity index (χ4n) is 2.54. The molecule has 1 saturated heterocycles. The summed E-state index contributed by atoms with van der Waals surface area (Å²) in [4.78, 5) is 4.57. The van der Waals surface area contributed by atoms with E-state index in [1.807, 2.05) is 30.3 Å². The van der Waals surface area contributed by atoms with E-state index in [4.69, 9.17) is 14.2 Å². The van der Waals surface area contributed by atoms with Crippen molar-refractivity contribution in [2.24, 2.45) is 4.99 Å². The van der Waals surface area contributed by atoms with Crippen molar-refractivity contribution in [2.45, 2.75) is 32.3 Å². The predicted octanol–water partition coefficient (Wildman–Crippen LogP) is 2.82. The second-order valence-corrected chi connectivity index (χ2v) is 5.89. The normalized spacial score (nSPS) is 15.2. The van der Waals surface area contributed by atoms with Crippen molar-refractivity contribution >= 4 is 29.9 Å². The van der Waals surface area contributed by atoms with Crippen molar-refractivity contribution in [1.29, 1.82) is 0 Å². The number of aliphatic imine (C=N–C) groups is 1. The highest BCUT2D eigenvalue weighted by Crippen LogP contribution is 2.10. The Hall–Kier alpha value is -1.06. The summed E-state index contributed by atoms with van der Waals surface area (Å²) in [5.74, 6) is 1.71. The van der Waals surface area contributed by atoms with Gasteiger partial charge < -0.3 is 24.8 Å². The first kappa shape index (κ1) is 23.0. The molecule has 148 valence electrons. The van der Waals surface area contributed by atoms with Crippen LogP contribution in [0.2, 0.25) is 0 Å². The molecule has 1 aliphatic rings. The summed E-state index contributed by atoms with van der Waals surface area (Å²) in [6.45, 7) is 7.35. The van der Waals surface area contributed by atoms with Crippen molar-refractivity contribution in [2.75, 3.05) is 46.1 Å². The Labute approximate surface area is 174 Å². The molecule has 1 aromatic rings. The summed E-state index contributed by atoms with van der Waals surface area (Å²) >= 11 is 0. The summed E-state index contributed by atoms with van der Waals surface area (Å²) in [7, 11) is 0. The SMILES string of the molecule is CCNC(=NCCCOC1CCOCC1)NCCOc1ccccc1.I. The van der Waals surface area contributed by atoms with E-state index < -0.39 is 0 Å². The van der Waals surface area contributed by atoms with Crippen molar-refractivity contribution in [1.82, 2.24) is 10.6 Å². The van der Waals surface area contributed by atoms with E-state index in [-0.39, 0.29) is 24.0 Å². The van der Waals surface area contributed by atoms with Crippen molar-refractivity contribution in [3.05, 3.63) is 30.3 Å². The highest BCUT2D eigenvalue weighted by atomic mass is 127. The fraction of sp³-hybridized carbons (Fsp3) is 0.632. The molecule has 0 atom stereocenters. The Morgan fingerprint density at radius 1 is 1.15 bits per heavy atom.